The van der Waals surface area contributed by atoms with Gasteiger partial charge in [-0.05, 0) is 54.5 Å². The van der Waals surface area contributed by atoms with Gasteiger partial charge < -0.3 is 16.0 Å². The van der Waals surface area contributed by atoms with Crippen LogP contribution >= 0.6 is 0 Å². The summed E-state index contributed by atoms with van der Waals surface area (Å²) in [6.45, 7) is 4.69. The van der Waals surface area contributed by atoms with Gasteiger partial charge in [0.25, 0.3) is 0 Å². The normalized spacial score (nSPS) is 15.9. The van der Waals surface area contributed by atoms with E-state index in [1.165, 1.54) is 5.56 Å². The minimum Gasteiger partial charge on any atom is -0.342 e. The number of benzene rings is 3. The third-order valence-corrected chi connectivity index (χ3v) is 6.57. The summed E-state index contributed by atoms with van der Waals surface area (Å²) in [6.07, 6.45) is 2.28. The van der Waals surface area contributed by atoms with Gasteiger partial charge in [-0.3, -0.25) is 9.59 Å². The Balaban J connectivity index is 1.53. The second-order valence-electron chi connectivity index (χ2n) is 9.60. The Morgan fingerprint density at radius 1 is 0.970 bits per heavy atom. The molecule has 1 fully saturated rings. The van der Waals surface area contributed by atoms with Gasteiger partial charge in [0, 0.05) is 19.5 Å². The number of piperidine rings is 1. The van der Waals surface area contributed by atoms with Crippen molar-refractivity contribution in [1.29, 1.82) is 0 Å². The van der Waals surface area contributed by atoms with E-state index in [0.29, 0.717) is 25.4 Å². The molecule has 0 saturated carbocycles. The van der Waals surface area contributed by atoms with Crippen molar-refractivity contribution in [2.45, 2.75) is 50.6 Å². The Hall–Kier alpha value is -3.18. The zero-order chi connectivity index (χ0) is 23.4. The number of likely N-dealkylation sites (tertiary alicyclic amines) is 1. The number of carbonyl (C=O) groups excluding carboxylic acids is 2. The highest BCUT2D eigenvalue weighted by molar-refractivity contribution is 5.92. The molecule has 3 aromatic rings. The number of nitrogens with two attached hydrogens (primary N) is 1. The molecule has 1 atom stereocenters. The highest BCUT2D eigenvalue weighted by Crippen LogP contribution is 2.28. The Morgan fingerprint density at radius 3 is 2.30 bits per heavy atom. The largest absolute Gasteiger partial charge is 0.342 e. The third kappa shape index (κ3) is 5.42. The standard InChI is InChI=1S/C28H33N3O2/c1-28(2,29)27(33)30-25(19-23-13-8-12-22-11-6-7-14-24(22)23)26(32)31-17-15-21(16-18-31)20-9-4-3-5-10-20/h3-14,21,25H,15-19,29H2,1-2H3,(H,30,33). The fraction of sp³-hybridized carbons (Fsp3) is 0.357. The number of nitrogens with one attached hydrogen (secondary N) is 1. The van der Waals surface area contributed by atoms with Crippen molar-refractivity contribution in [2.75, 3.05) is 13.1 Å². The highest BCUT2D eigenvalue weighted by Gasteiger charge is 2.33. The average molecular weight is 444 g/mol. The molecule has 33 heavy (non-hydrogen) atoms. The Labute approximate surface area is 196 Å². The van der Waals surface area contributed by atoms with E-state index in [4.69, 9.17) is 5.73 Å². The van der Waals surface area contributed by atoms with Crippen LogP contribution in [-0.2, 0) is 16.0 Å². The zero-order valence-electron chi connectivity index (χ0n) is 19.5. The summed E-state index contributed by atoms with van der Waals surface area (Å²) in [5, 5.41) is 5.17. The lowest BCUT2D eigenvalue weighted by Crippen LogP contribution is -2.57. The van der Waals surface area contributed by atoms with Crippen LogP contribution in [0.1, 0.15) is 43.7 Å². The second-order valence-corrected chi connectivity index (χ2v) is 9.60. The molecule has 0 radical (unpaired) electrons. The fourth-order valence-electron chi connectivity index (χ4n) is 4.61. The maximum absolute atomic E-state index is 13.6. The van der Waals surface area contributed by atoms with Gasteiger partial charge in [0.2, 0.25) is 11.8 Å². The van der Waals surface area contributed by atoms with Gasteiger partial charge >= 0.3 is 0 Å². The number of carbonyl (C=O) groups is 2. The lowest BCUT2D eigenvalue weighted by atomic mass is 9.89. The summed E-state index contributed by atoms with van der Waals surface area (Å²) in [5.41, 5.74) is 7.35. The first kappa shape index (κ1) is 23.0. The Morgan fingerprint density at radius 2 is 1.61 bits per heavy atom. The van der Waals surface area contributed by atoms with Crippen LogP contribution in [-0.4, -0.2) is 41.4 Å². The molecule has 5 heteroatoms. The van der Waals surface area contributed by atoms with Crippen molar-refractivity contribution in [3.63, 3.8) is 0 Å². The quantitative estimate of drug-likeness (QED) is 0.604. The van der Waals surface area contributed by atoms with E-state index in [1.807, 2.05) is 35.2 Å². The molecular weight excluding hydrogens is 410 g/mol. The minimum absolute atomic E-state index is 0.0351. The van der Waals surface area contributed by atoms with E-state index in [-0.39, 0.29) is 11.8 Å². The summed E-state index contributed by atoms with van der Waals surface area (Å²) in [4.78, 5) is 28.3. The number of nitrogens with zero attached hydrogens (tertiary/aromatic N) is 1. The van der Waals surface area contributed by atoms with Crippen molar-refractivity contribution in [3.8, 4) is 0 Å². The molecule has 1 unspecified atom stereocenters. The van der Waals surface area contributed by atoms with E-state index in [9.17, 15) is 9.59 Å². The van der Waals surface area contributed by atoms with Gasteiger partial charge in [-0.25, -0.2) is 0 Å². The lowest BCUT2D eigenvalue weighted by Gasteiger charge is -2.35. The predicted molar refractivity (Wildman–Crippen MR) is 133 cm³/mol. The minimum atomic E-state index is -1.06. The van der Waals surface area contributed by atoms with Gasteiger partial charge in [0.1, 0.15) is 6.04 Å². The number of fused-ring (bicyclic) bond motifs is 1. The van der Waals surface area contributed by atoms with Crippen LogP contribution in [0.4, 0.5) is 0 Å². The van der Waals surface area contributed by atoms with Crippen molar-refractivity contribution in [1.82, 2.24) is 10.2 Å². The summed E-state index contributed by atoms with van der Waals surface area (Å²) in [6, 6.07) is 24.1. The van der Waals surface area contributed by atoms with E-state index in [1.54, 1.807) is 13.8 Å². The summed E-state index contributed by atoms with van der Waals surface area (Å²) >= 11 is 0. The summed E-state index contributed by atoms with van der Waals surface area (Å²) < 4.78 is 0. The molecule has 1 aliphatic heterocycles. The zero-order valence-corrected chi connectivity index (χ0v) is 19.5. The van der Waals surface area contributed by atoms with Gasteiger partial charge in [0.15, 0.2) is 0 Å². The molecule has 1 saturated heterocycles. The number of rotatable bonds is 6. The van der Waals surface area contributed by atoms with E-state index >= 15 is 0 Å². The van der Waals surface area contributed by atoms with Crippen LogP contribution in [0.3, 0.4) is 0 Å². The van der Waals surface area contributed by atoms with E-state index in [2.05, 4.69) is 47.8 Å². The smallest absolute Gasteiger partial charge is 0.245 e. The molecule has 4 rings (SSSR count). The summed E-state index contributed by atoms with van der Waals surface area (Å²) in [5.74, 6) is 0.108. The molecule has 0 bridgehead atoms. The first-order valence-electron chi connectivity index (χ1n) is 11.7. The first-order valence-corrected chi connectivity index (χ1v) is 11.7. The topological polar surface area (TPSA) is 75.4 Å². The highest BCUT2D eigenvalue weighted by atomic mass is 16.2. The average Bonchev–Trinajstić information content (AvgIpc) is 2.83. The Kier molecular flexibility index (Phi) is 6.80. The number of hydrogen-bond donors (Lipinski definition) is 2. The monoisotopic (exact) mass is 443 g/mol. The van der Waals surface area contributed by atoms with E-state index < -0.39 is 11.6 Å². The number of hydrogen-bond acceptors (Lipinski definition) is 3. The van der Waals surface area contributed by atoms with Crippen molar-refractivity contribution >= 4 is 22.6 Å². The number of amides is 2. The SMILES string of the molecule is CC(C)(N)C(=O)NC(Cc1cccc2ccccc12)C(=O)N1CCC(c2ccccc2)CC1. The van der Waals surface area contributed by atoms with Crippen LogP contribution in [0.5, 0.6) is 0 Å². The van der Waals surface area contributed by atoms with Crippen molar-refractivity contribution in [2.24, 2.45) is 5.73 Å². The van der Waals surface area contributed by atoms with Crippen molar-refractivity contribution in [3.05, 3.63) is 83.9 Å². The first-order chi connectivity index (χ1) is 15.8. The Bertz CT molecular complexity index is 1110. The van der Waals surface area contributed by atoms with Crippen LogP contribution < -0.4 is 11.1 Å². The maximum atomic E-state index is 13.6. The molecule has 0 spiro atoms. The third-order valence-electron chi connectivity index (χ3n) is 6.57. The molecule has 2 amide bonds. The van der Waals surface area contributed by atoms with Crippen LogP contribution in [0.25, 0.3) is 10.8 Å². The lowest BCUT2D eigenvalue weighted by molar-refractivity contribution is -0.138. The molecule has 1 aliphatic rings. The van der Waals surface area contributed by atoms with E-state index in [0.717, 1.165) is 29.2 Å². The van der Waals surface area contributed by atoms with Gasteiger partial charge in [-0.2, -0.15) is 0 Å². The van der Waals surface area contributed by atoms with Gasteiger partial charge in [-0.1, -0.05) is 72.8 Å². The molecule has 1 heterocycles. The molecule has 5 nitrogen and oxygen atoms in total. The second kappa shape index (κ2) is 9.75. The molecular formula is C28H33N3O2. The van der Waals surface area contributed by atoms with Crippen LogP contribution in [0.15, 0.2) is 72.8 Å². The van der Waals surface area contributed by atoms with Crippen molar-refractivity contribution < 1.29 is 9.59 Å². The predicted octanol–water partition coefficient (Wildman–Crippen LogP) is 4.01. The molecule has 3 N–H and O–H groups in total. The maximum Gasteiger partial charge on any atom is 0.245 e. The molecule has 3 aromatic carbocycles. The van der Waals surface area contributed by atoms with Gasteiger partial charge in [0.05, 0.1) is 5.54 Å². The summed E-state index contributed by atoms with van der Waals surface area (Å²) in [7, 11) is 0. The van der Waals surface area contributed by atoms with Crippen LogP contribution in [0.2, 0.25) is 0 Å². The fourth-order valence-corrected chi connectivity index (χ4v) is 4.61. The molecule has 0 aromatic heterocycles. The molecule has 172 valence electrons. The van der Waals surface area contributed by atoms with Gasteiger partial charge in [-0.15, -0.1) is 0 Å². The molecule has 0 aliphatic carbocycles. The van der Waals surface area contributed by atoms with Crippen LogP contribution in [0, 0.1) is 0 Å².